The number of fused-ring (bicyclic) bond motifs is 1. The van der Waals surface area contributed by atoms with E-state index < -0.39 is 20.9 Å². The molecule has 1 aromatic carbocycles. The van der Waals surface area contributed by atoms with Gasteiger partial charge in [0.15, 0.2) is 5.82 Å². The molecule has 0 aliphatic rings. The van der Waals surface area contributed by atoms with Gasteiger partial charge in [0.1, 0.15) is 0 Å². The molecule has 0 unspecified atom stereocenters. The van der Waals surface area contributed by atoms with Crippen LogP contribution in [0.5, 0.6) is 0 Å². The Morgan fingerprint density at radius 1 is 1.25 bits per heavy atom. The van der Waals surface area contributed by atoms with Gasteiger partial charge in [0, 0.05) is 17.3 Å². The Morgan fingerprint density at radius 2 is 2.10 bits per heavy atom. The Labute approximate surface area is 113 Å². The standard InChI is InChI=1S/C12H9FN4O2S/c13-10-2-1-5-14-12(10)20(18,19)17-9-3-4-11-8(6-9)7-15-16-11/h1-7,17H,(H,15,16). The third-order valence-corrected chi connectivity index (χ3v) is 3.99. The fourth-order valence-electron chi connectivity index (χ4n) is 1.78. The molecule has 6 nitrogen and oxygen atoms in total. The highest BCUT2D eigenvalue weighted by Crippen LogP contribution is 2.20. The van der Waals surface area contributed by atoms with Gasteiger partial charge in [-0.3, -0.25) is 9.82 Å². The van der Waals surface area contributed by atoms with Crippen LogP contribution in [0.15, 0.2) is 47.8 Å². The highest BCUT2D eigenvalue weighted by molar-refractivity contribution is 7.92. The molecule has 20 heavy (non-hydrogen) atoms. The van der Waals surface area contributed by atoms with E-state index in [1.807, 2.05) is 0 Å². The second kappa shape index (κ2) is 4.57. The SMILES string of the molecule is O=S(=O)(Nc1ccc2[nH]ncc2c1)c1ncccc1F. The lowest BCUT2D eigenvalue weighted by atomic mass is 10.2. The molecule has 0 saturated heterocycles. The number of benzene rings is 1. The van der Waals surface area contributed by atoms with Crippen LogP contribution >= 0.6 is 0 Å². The number of anilines is 1. The summed E-state index contributed by atoms with van der Waals surface area (Å²) in [4.78, 5) is 3.55. The molecule has 0 saturated carbocycles. The van der Waals surface area contributed by atoms with Gasteiger partial charge in [0.2, 0.25) is 5.03 Å². The van der Waals surface area contributed by atoms with E-state index in [0.29, 0.717) is 5.69 Å². The minimum absolute atomic E-state index is 0.309. The first-order chi connectivity index (χ1) is 9.56. The van der Waals surface area contributed by atoms with Gasteiger partial charge in [-0.05, 0) is 30.3 Å². The molecule has 102 valence electrons. The summed E-state index contributed by atoms with van der Waals surface area (Å²) < 4.78 is 39.9. The van der Waals surface area contributed by atoms with Crippen molar-refractivity contribution in [3.05, 3.63) is 48.5 Å². The lowest BCUT2D eigenvalue weighted by molar-refractivity contribution is 0.557. The van der Waals surface area contributed by atoms with Gasteiger partial charge in [-0.15, -0.1) is 0 Å². The maximum atomic E-state index is 13.5. The molecule has 0 spiro atoms. The fraction of sp³-hybridized carbons (Fsp3) is 0. The van der Waals surface area contributed by atoms with E-state index in [4.69, 9.17) is 0 Å². The molecule has 2 aromatic heterocycles. The number of hydrogen-bond acceptors (Lipinski definition) is 4. The van der Waals surface area contributed by atoms with Crippen molar-refractivity contribution in [1.29, 1.82) is 0 Å². The number of H-pyrrole nitrogens is 1. The van der Waals surface area contributed by atoms with Gasteiger partial charge in [-0.1, -0.05) is 0 Å². The fourth-order valence-corrected chi connectivity index (χ4v) is 2.84. The highest BCUT2D eigenvalue weighted by atomic mass is 32.2. The molecule has 2 N–H and O–H groups in total. The van der Waals surface area contributed by atoms with Crippen LogP contribution in [0.1, 0.15) is 0 Å². The topological polar surface area (TPSA) is 87.7 Å². The van der Waals surface area contributed by atoms with Crippen LogP contribution in [0.3, 0.4) is 0 Å². The summed E-state index contributed by atoms with van der Waals surface area (Å²) in [6.07, 6.45) is 2.78. The molecule has 0 aliphatic carbocycles. The van der Waals surface area contributed by atoms with E-state index in [9.17, 15) is 12.8 Å². The van der Waals surface area contributed by atoms with Gasteiger partial charge < -0.3 is 0 Å². The molecule has 0 amide bonds. The number of nitrogens with one attached hydrogen (secondary N) is 2. The summed E-state index contributed by atoms with van der Waals surface area (Å²) >= 11 is 0. The number of aromatic amines is 1. The first-order valence-electron chi connectivity index (χ1n) is 5.63. The van der Waals surface area contributed by atoms with Crippen molar-refractivity contribution in [2.75, 3.05) is 4.72 Å². The first-order valence-corrected chi connectivity index (χ1v) is 7.11. The van der Waals surface area contributed by atoms with Crippen molar-refractivity contribution in [3.8, 4) is 0 Å². The van der Waals surface area contributed by atoms with Crippen LogP contribution < -0.4 is 4.72 Å². The van der Waals surface area contributed by atoms with E-state index >= 15 is 0 Å². The second-order valence-electron chi connectivity index (χ2n) is 4.07. The Morgan fingerprint density at radius 3 is 2.90 bits per heavy atom. The quantitative estimate of drug-likeness (QED) is 0.771. The predicted octanol–water partition coefficient (Wildman–Crippen LogP) is 1.90. The maximum Gasteiger partial charge on any atom is 0.282 e. The zero-order valence-corrected chi connectivity index (χ0v) is 10.9. The molecule has 0 bridgehead atoms. The van der Waals surface area contributed by atoms with Crippen LogP contribution in [0.25, 0.3) is 10.9 Å². The smallest absolute Gasteiger partial charge is 0.278 e. The Bertz CT molecular complexity index is 876. The van der Waals surface area contributed by atoms with Crippen molar-refractivity contribution >= 4 is 26.6 Å². The number of pyridine rings is 1. The number of sulfonamides is 1. The van der Waals surface area contributed by atoms with Gasteiger partial charge in [0.05, 0.1) is 11.7 Å². The van der Waals surface area contributed by atoms with Gasteiger partial charge >= 0.3 is 0 Å². The summed E-state index contributed by atoms with van der Waals surface area (Å²) in [7, 11) is -4.06. The van der Waals surface area contributed by atoms with E-state index in [0.717, 1.165) is 17.0 Å². The van der Waals surface area contributed by atoms with Gasteiger partial charge in [-0.2, -0.15) is 13.5 Å². The lowest BCUT2D eigenvalue weighted by Gasteiger charge is -2.07. The zero-order valence-electron chi connectivity index (χ0n) is 10.0. The molecular weight excluding hydrogens is 283 g/mol. The molecule has 3 rings (SSSR count). The van der Waals surface area contributed by atoms with Crippen LogP contribution in [0, 0.1) is 5.82 Å². The molecule has 0 radical (unpaired) electrons. The number of hydrogen-bond donors (Lipinski definition) is 2. The van der Waals surface area contributed by atoms with E-state index in [2.05, 4.69) is 19.9 Å². The van der Waals surface area contributed by atoms with Gasteiger partial charge in [0.25, 0.3) is 10.0 Å². The molecule has 0 fully saturated rings. The molecular formula is C12H9FN4O2S. The summed E-state index contributed by atoms with van der Waals surface area (Å²) in [5, 5.41) is 6.70. The van der Waals surface area contributed by atoms with Crippen molar-refractivity contribution in [2.24, 2.45) is 0 Å². The van der Waals surface area contributed by atoms with Crippen LogP contribution in [0.4, 0.5) is 10.1 Å². The number of aromatic nitrogens is 3. The minimum atomic E-state index is -4.06. The number of rotatable bonds is 3. The lowest BCUT2D eigenvalue weighted by Crippen LogP contribution is -2.16. The third-order valence-electron chi connectivity index (χ3n) is 2.67. The molecule has 0 aliphatic heterocycles. The van der Waals surface area contributed by atoms with Crippen LogP contribution in [0.2, 0.25) is 0 Å². The third kappa shape index (κ3) is 2.21. The maximum absolute atomic E-state index is 13.5. The van der Waals surface area contributed by atoms with E-state index in [1.54, 1.807) is 24.4 Å². The largest absolute Gasteiger partial charge is 0.282 e. The predicted molar refractivity (Wildman–Crippen MR) is 71.1 cm³/mol. The summed E-state index contributed by atoms with van der Waals surface area (Å²) in [6.45, 7) is 0. The number of nitrogens with zero attached hydrogens (tertiary/aromatic N) is 2. The van der Waals surface area contributed by atoms with Crippen LogP contribution in [-0.4, -0.2) is 23.6 Å². The summed E-state index contributed by atoms with van der Waals surface area (Å²) in [5.41, 5.74) is 1.08. The van der Waals surface area contributed by atoms with Crippen molar-refractivity contribution in [2.45, 2.75) is 5.03 Å². The first kappa shape index (κ1) is 12.5. The van der Waals surface area contributed by atoms with Crippen molar-refractivity contribution in [3.63, 3.8) is 0 Å². The normalized spacial score (nSPS) is 11.7. The highest BCUT2D eigenvalue weighted by Gasteiger charge is 2.20. The van der Waals surface area contributed by atoms with Crippen LogP contribution in [-0.2, 0) is 10.0 Å². The number of halogens is 1. The van der Waals surface area contributed by atoms with Crippen molar-refractivity contribution < 1.29 is 12.8 Å². The summed E-state index contributed by atoms with van der Waals surface area (Å²) in [5.74, 6) is -0.899. The Balaban J connectivity index is 1.99. The Kier molecular flexibility index (Phi) is 2.87. The monoisotopic (exact) mass is 292 g/mol. The molecule has 8 heteroatoms. The average Bonchev–Trinajstić information content (AvgIpc) is 2.86. The average molecular weight is 292 g/mol. The van der Waals surface area contributed by atoms with E-state index in [1.165, 1.54) is 12.3 Å². The van der Waals surface area contributed by atoms with E-state index in [-0.39, 0.29) is 0 Å². The minimum Gasteiger partial charge on any atom is -0.278 e. The van der Waals surface area contributed by atoms with Crippen molar-refractivity contribution in [1.82, 2.24) is 15.2 Å². The zero-order chi connectivity index (χ0) is 14.2. The van der Waals surface area contributed by atoms with Gasteiger partial charge in [-0.25, -0.2) is 9.37 Å². The summed E-state index contributed by atoms with van der Waals surface area (Å²) in [6, 6.07) is 7.19. The molecule has 0 atom stereocenters. The molecule has 3 aromatic rings. The molecule has 2 heterocycles. The second-order valence-corrected chi connectivity index (χ2v) is 5.67. The Hall–Kier alpha value is -2.48.